The molecule has 0 saturated carbocycles. The Morgan fingerprint density at radius 2 is 1.84 bits per heavy atom. The lowest BCUT2D eigenvalue weighted by molar-refractivity contribution is 0.0698. The number of rotatable bonds is 9. The molecule has 0 spiro atoms. The number of piperazine rings is 1. The Morgan fingerprint density at radius 1 is 1.16 bits per heavy atom. The number of hydrogen-bond donors (Lipinski definition) is 2. The molecule has 1 aliphatic heterocycles. The number of hydrogen-bond acceptors (Lipinski definition) is 7. The molecule has 2 aromatic carbocycles. The van der Waals surface area contributed by atoms with E-state index in [4.69, 9.17) is 10.00 Å². The van der Waals surface area contributed by atoms with Crippen LogP contribution in [0.2, 0.25) is 0 Å². The second kappa shape index (κ2) is 10.3. The lowest BCUT2D eigenvalue weighted by atomic mass is 10.1. The summed E-state index contributed by atoms with van der Waals surface area (Å²) in [4.78, 5) is 16.1. The maximum absolute atomic E-state index is 12.8. The average molecular weight is 459 g/mol. The van der Waals surface area contributed by atoms with Gasteiger partial charge in [-0.2, -0.15) is 5.26 Å². The standard InChI is InChI=1S/C22H26N4O5S/c1-2-31-18-5-7-19(8-6-18)32(29,30)24-21-9-4-17(16-20(21)22(27)28)26-14-12-25(13-15-26)11-3-10-23/h4-9,16,24H,2-3,11-15H2,1H3,(H,27,28). The van der Waals surface area contributed by atoms with Crippen molar-refractivity contribution in [1.29, 1.82) is 5.26 Å². The number of sulfonamides is 1. The molecular formula is C22H26N4O5S. The topological polar surface area (TPSA) is 123 Å². The fourth-order valence-electron chi connectivity index (χ4n) is 3.52. The molecule has 3 rings (SSSR count). The van der Waals surface area contributed by atoms with Crippen LogP contribution in [0.3, 0.4) is 0 Å². The number of benzene rings is 2. The van der Waals surface area contributed by atoms with Gasteiger partial charge in [-0.15, -0.1) is 0 Å². The van der Waals surface area contributed by atoms with Crippen molar-refractivity contribution in [3.05, 3.63) is 48.0 Å². The molecule has 1 saturated heterocycles. The first kappa shape index (κ1) is 23.4. The van der Waals surface area contributed by atoms with Crippen molar-refractivity contribution in [3.8, 4) is 11.8 Å². The van der Waals surface area contributed by atoms with Crippen LogP contribution < -0.4 is 14.4 Å². The smallest absolute Gasteiger partial charge is 0.337 e. The number of ether oxygens (including phenoxy) is 1. The van der Waals surface area contributed by atoms with E-state index in [0.29, 0.717) is 37.6 Å². The molecule has 1 aliphatic rings. The summed E-state index contributed by atoms with van der Waals surface area (Å²) < 4.78 is 33.3. The molecule has 0 unspecified atom stereocenters. The minimum atomic E-state index is -3.97. The van der Waals surface area contributed by atoms with Gasteiger partial charge in [-0.1, -0.05) is 0 Å². The first-order chi connectivity index (χ1) is 15.3. The van der Waals surface area contributed by atoms with Gasteiger partial charge in [-0.25, -0.2) is 13.2 Å². The zero-order valence-electron chi connectivity index (χ0n) is 17.8. The Kier molecular flexibility index (Phi) is 7.56. The molecule has 1 heterocycles. The lowest BCUT2D eigenvalue weighted by Crippen LogP contribution is -2.46. The van der Waals surface area contributed by atoms with E-state index in [9.17, 15) is 18.3 Å². The number of aromatic carboxylic acids is 1. The Bertz CT molecular complexity index is 1090. The summed E-state index contributed by atoms with van der Waals surface area (Å²) >= 11 is 0. The summed E-state index contributed by atoms with van der Waals surface area (Å²) in [6.07, 6.45) is 0.479. The van der Waals surface area contributed by atoms with Crippen LogP contribution in [0, 0.1) is 11.3 Å². The molecule has 0 atom stereocenters. The Hall–Kier alpha value is -3.29. The van der Waals surface area contributed by atoms with E-state index in [1.54, 1.807) is 18.2 Å². The maximum atomic E-state index is 12.8. The van der Waals surface area contributed by atoms with Crippen LogP contribution in [-0.2, 0) is 10.0 Å². The monoisotopic (exact) mass is 458 g/mol. The summed E-state index contributed by atoms with van der Waals surface area (Å²) in [7, 11) is -3.97. The first-order valence-corrected chi connectivity index (χ1v) is 11.8. The fraction of sp³-hybridized carbons (Fsp3) is 0.364. The van der Waals surface area contributed by atoms with Crippen LogP contribution in [0.5, 0.6) is 5.75 Å². The highest BCUT2D eigenvalue weighted by Gasteiger charge is 2.22. The highest BCUT2D eigenvalue weighted by molar-refractivity contribution is 7.92. The number of anilines is 2. The number of carboxylic acid groups (broad SMARTS) is 1. The van der Waals surface area contributed by atoms with Gasteiger partial charge in [-0.05, 0) is 49.4 Å². The number of nitrogens with zero attached hydrogens (tertiary/aromatic N) is 3. The molecule has 1 fully saturated rings. The minimum Gasteiger partial charge on any atom is -0.494 e. The van der Waals surface area contributed by atoms with Gasteiger partial charge in [-0.3, -0.25) is 9.62 Å². The highest BCUT2D eigenvalue weighted by atomic mass is 32.2. The maximum Gasteiger partial charge on any atom is 0.337 e. The van der Waals surface area contributed by atoms with E-state index in [1.807, 2.05) is 6.92 Å². The van der Waals surface area contributed by atoms with Crippen molar-refractivity contribution < 1.29 is 23.1 Å². The largest absolute Gasteiger partial charge is 0.494 e. The van der Waals surface area contributed by atoms with E-state index < -0.39 is 16.0 Å². The van der Waals surface area contributed by atoms with Gasteiger partial charge < -0.3 is 14.7 Å². The molecule has 0 aliphatic carbocycles. The van der Waals surface area contributed by atoms with Gasteiger partial charge in [0.05, 0.1) is 28.8 Å². The molecule has 0 bridgehead atoms. The van der Waals surface area contributed by atoms with Gasteiger partial charge in [0.2, 0.25) is 0 Å². The second-order valence-corrected chi connectivity index (χ2v) is 8.96. The van der Waals surface area contributed by atoms with Crippen molar-refractivity contribution in [3.63, 3.8) is 0 Å². The van der Waals surface area contributed by atoms with Gasteiger partial charge in [0.15, 0.2) is 0 Å². The third-order valence-electron chi connectivity index (χ3n) is 5.20. The minimum absolute atomic E-state index is 0.00258. The van der Waals surface area contributed by atoms with Gasteiger partial charge in [0.1, 0.15) is 5.75 Å². The molecule has 170 valence electrons. The molecule has 2 N–H and O–H groups in total. The van der Waals surface area contributed by atoms with E-state index in [0.717, 1.165) is 19.6 Å². The van der Waals surface area contributed by atoms with E-state index in [-0.39, 0.29) is 16.1 Å². The zero-order chi connectivity index (χ0) is 23.1. The van der Waals surface area contributed by atoms with Crippen LogP contribution >= 0.6 is 0 Å². The van der Waals surface area contributed by atoms with Crippen LogP contribution in [0.15, 0.2) is 47.4 Å². The second-order valence-electron chi connectivity index (χ2n) is 7.28. The van der Waals surface area contributed by atoms with Gasteiger partial charge >= 0.3 is 5.97 Å². The van der Waals surface area contributed by atoms with Gasteiger partial charge in [0.25, 0.3) is 10.0 Å². The van der Waals surface area contributed by atoms with Gasteiger partial charge in [0, 0.05) is 44.8 Å². The molecule has 0 aromatic heterocycles. The first-order valence-electron chi connectivity index (χ1n) is 10.3. The normalized spacial score (nSPS) is 14.6. The SMILES string of the molecule is CCOc1ccc(S(=O)(=O)Nc2ccc(N3CCN(CCC#N)CC3)cc2C(=O)O)cc1. The predicted molar refractivity (Wildman–Crippen MR) is 121 cm³/mol. The van der Waals surface area contributed by atoms with Crippen LogP contribution in [0.4, 0.5) is 11.4 Å². The summed E-state index contributed by atoms with van der Waals surface area (Å²) in [6.45, 7) is 5.96. The number of nitrogens with one attached hydrogen (secondary N) is 1. The molecular weight excluding hydrogens is 432 g/mol. The van der Waals surface area contributed by atoms with Crippen LogP contribution in [-0.4, -0.2) is 63.7 Å². The summed E-state index contributed by atoms with van der Waals surface area (Å²) in [5, 5.41) is 18.4. The van der Waals surface area contributed by atoms with Crippen molar-refractivity contribution in [2.75, 3.05) is 49.0 Å². The van der Waals surface area contributed by atoms with E-state index in [1.165, 1.54) is 24.3 Å². The molecule has 0 amide bonds. The number of carboxylic acids is 1. The Balaban J connectivity index is 1.76. The fourth-order valence-corrected chi connectivity index (χ4v) is 4.60. The quantitative estimate of drug-likeness (QED) is 0.588. The number of carbonyl (C=O) groups is 1. The highest BCUT2D eigenvalue weighted by Crippen LogP contribution is 2.27. The van der Waals surface area contributed by atoms with Crippen LogP contribution in [0.1, 0.15) is 23.7 Å². The molecule has 9 nitrogen and oxygen atoms in total. The molecule has 2 aromatic rings. The third-order valence-corrected chi connectivity index (χ3v) is 6.58. The van der Waals surface area contributed by atoms with Crippen LogP contribution in [0.25, 0.3) is 0 Å². The third kappa shape index (κ3) is 5.69. The summed E-state index contributed by atoms with van der Waals surface area (Å²) in [5.74, 6) is -0.668. The predicted octanol–water partition coefficient (Wildman–Crippen LogP) is 2.62. The van der Waals surface area contributed by atoms with Crippen molar-refractivity contribution in [2.45, 2.75) is 18.2 Å². The molecule has 32 heavy (non-hydrogen) atoms. The van der Waals surface area contributed by atoms with E-state index in [2.05, 4.69) is 20.6 Å². The van der Waals surface area contributed by atoms with E-state index >= 15 is 0 Å². The zero-order valence-corrected chi connectivity index (χ0v) is 18.6. The van der Waals surface area contributed by atoms with Crippen molar-refractivity contribution in [1.82, 2.24) is 4.90 Å². The Labute approximate surface area is 187 Å². The average Bonchev–Trinajstić information content (AvgIpc) is 2.78. The van der Waals surface area contributed by atoms with Crippen molar-refractivity contribution >= 4 is 27.4 Å². The van der Waals surface area contributed by atoms with Crippen molar-refractivity contribution in [2.24, 2.45) is 0 Å². The summed E-state index contributed by atoms with van der Waals surface area (Å²) in [5.41, 5.74) is 0.595. The molecule has 0 radical (unpaired) electrons. The summed E-state index contributed by atoms with van der Waals surface area (Å²) in [6, 6.07) is 12.7. The number of nitriles is 1. The molecule has 10 heteroatoms. The lowest BCUT2D eigenvalue weighted by Gasteiger charge is -2.36. The Morgan fingerprint density at radius 3 is 2.44 bits per heavy atom.